The molecule has 2 amide bonds. The molecule has 0 atom stereocenters. The third-order valence-corrected chi connectivity index (χ3v) is 4.79. The minimum atomic E-state index is -0.305. The molecule has 3 rings (SSSR count). The van der Waals surface area contributed by atoms with Crippen molar-refractivity contribution in [1.82, 2.24) is 10.2 Å². The van der Waals surface area contributed by atoms with Crippen LogP contribution in [-0.4, -0.2) is 35.3 Å². The molecule has 2 aromatic rings. The zero-order valence-corrected chi connectivity index (χ0v) is 16.1. The van der Waals surface area contributed by atoms with E-state index in [4.69, 9.17) is 4.42 Å². The molecular formula is C21H28N2O3. The highest BCUT2D eigenvalue weighted by molar-refractivity contribution is 5.90. The summed E-state index contributed by atoms with van der Waals surface area (Å²) in [5.74, 6) is -0.192. The topological polar surface area (TPSA) is 62.6 Å². The van der Waals surface area contributed by atoms with E-state index in [0.29, 0.717) is 6.54 Å². The number of nitrogens with one attached hydrogen (secondary N) is 1. The molecule has 0 aliphatic heterocycles. The summed E-state index contributed by atoms with van der Waals surface area (Å²) in [5, 5.41) is 3.93. The minimum Gasteiger partial charge on any atom is -0.464 e. The third kappa shape index (κ3) is 4.09. The Morgan fingerprint density at radius 2 is 1.88 bits per heavy atom. The van der Waals surface area contributed by atoms with E-state index in [1.807, 2.05) is 27.7 Å². The number of aryl methyl sites for hydroxylation is 2. The van der Waals surface area contributed by atoms with Gasteiger partial charge in [0.15, 0.2) is 0 Å². The van der Waals surface area contributed by atoms with Gasteiger partial charge >= 0.3 is 0 Å². The number of likely N-dealkylation sites (N-methyl/N-ethyl adjacent to an activating group) is 1. The van der Waals surface area contributed by atoms with Gasteiger partial charge in [0.2, 0.25) is 11.8 Å². The Morgan fingerprint density at radius 3 is 2.54 bits per heavy atom. The van der Waals surface area contributed by atoms with Crippen LogP contribution in [0.4, 0.5) is 0 Å². The Bertz CT molecular complexity index is 830. The van der Waals surface area contributed by atoms with Gasteiger partial charge < -0.3 is 14.6 Å². The highest BCUT2D eigenvalue weighted by Gasteiger charge is 2.22. The van der Waals surface area contributed by atoms with E-state index in [0.717, 1.165) is 29.4 Å². The second-order valence-corrected chi connectivity index (χ2v) is 8.11. The van der Waals surface area contributed by atoms with Gasteiger partial charge in [-0.1, -0.05) is 0 Å². The summed E-state index contributed by atoms with van der Waals surface area (Å²) < 4.78 is 5.69. The van der Waals surface area contributed by atoms with Gasteiger partial charge in [-0.15, -0.1) is 0 Å². The zero-order valence-electron chi connectivity index (χ0n) is 16.1. The lowest BCUT2D eigenvalue weighted by Gasteiger charge is -2.25. The van der Waals surface area contributed by atoms with Crippen LogP contribution in [0.5, 0.6) is 0 Å². The number of rotatable bonds is 5. The predicted molar refractivity (Wildman–Crippen MR) is 102 cm³/mol. The molecule has 0 fully saturated rings. The van der Waals surface area contributed by atoms with Crippen LogP contribution < -0.4 is 5.32 Å². The number of carbonyl (C=O) groups excluding carboxylic acids is 2. The van der Waals surface area contributed by atoms with Gasteiger partial charge in [-0.05, 0) is 70.2 Å². The maximum atomic E-state index is 12.7. The van der Waals surface area contributed by atoms with Crippen LogP contribution >= 0.6 is 0 Å². The van der Waals surface area contributed by atoms with Gasteiger partial charge in [0.25, 0.3) is 0 Å². The first-order valence-corrected chi connectivity index (χ1v) is 9.37. The summed E-state index contributed by atoms with van der Waals surface area (Å²) in [6, 6.07) is 4.28. The molecule has 1 aromatic carbocycles. The number of fused-ring (bicyclic) bond motifs is 2. The van der Waals surface area contributed by atoms with Crippen LogP contribution in [0.25, 0.3) is 11.0 Å². The number of furan rings is 1. The quantitative estimate of drug-likeness (QED) is 0.895. The van der Waals surface area contributed by atoms with Crippen LogP contribution in [0.2, 0.25) is 0 Å². The third-order valence-electron chi connectivity index (χ3n) is 4.79. The highest BCUT2D eigenvalue weighted by Crippen LogP contribution is 2.30. The fourth-order valence-corrected chi connectivity index (χ4v) is 3.57. The van der Waals surface area contributed by atoms with Crippen molar-refractivity contribution in [2.24, 2.45) is 0 Å². The number of hydrogen-bond donors (Lipinski definition) is 1. The molecule has 1 heterocycles. The lowest BCUT2D eigenvalue weighted by atomic mass is 10.0. The molecule has 140 valence electrons. The Balaban J connectivity index is 1.72. The first-order chi connectivity index (χ1) is 12.3. The number of amides is 2. The minimum absolute atomic E-state index is 0.0558. The predicted octanol–water partition coefficient (Wildman–Crippen LogP) is 3.23. The summed E-state index contributed by atoms with van der Waals surface area (Å²) >= 11 is 0. The van der Waals surface area contributed by atoms with Crippen molar-refractivity contribution >= 4 is 22.8 Å². The summed E-state index contributed by atoms with van der Waals surface area (Å²) in [7, 11) is 0. The highest BCUT2D eigenvalue weighted by atomic mass is 16.3. The van der Waals surface area contributed by atoms with Crippen molar-refractivity contribution in [2.45, 2.75) is 58.9 Å². The number of carbonyl (C=O) groups is 2. The number of hydrogen-bond acceptors (Lipinski definition) is 3. The van der Waals surface area contributed by atoms with Crippen molar-refractivity contribution in [3.63, 3.8) is 0 Å². The molecule has 0 spiro atoms. The van der Waals surface area contributed by atoms with E-state index in [2.05, 4.69) is 17.4 Å². The van der Waals surface area contributed by atoms with E-state index in [1.165, 1.54) is 17.5 Å². The molecule has 1 aliphatic rings. The Hall–Kier alpha value is -2.30. The van der Waals surface area contributed by atoms with Crippen LogP contribution in [0.15, 0.2) is 22.8 Å². The van der Waals surface area contributed by atoms with E-state index < -0.39 is 0 Å². The Kier molecular flexibility index (Phi) is 5.08. The van der Waals surface area contributed by atoms with Crippen molar-refractivity contribution < 1.29 is 14.0 Å². The van der Waals surface area contributed by atoms with Gasteiger partial charge in [0, 0.05) is 23.0 Å². The van der Waals surface area contributed by atoms with Crippen LogP contribution in [0, 0.1) is 0 Å². The fraction of sp³-hybridized carbons (Fsp3) is 0.524. The summed E-state index contributed by atoms with van der Waals surface area (Å²) in [6.45, 7) is 8.26. The number of nitrogens with zero attached hydrogens (tertiary/aromatic N) is 1. The van der Waals surface area contributed by atoms with Crippen molar-refractivity contribution in [2.75, 3.05) is 13.1 Å². The largest absolute Gasteiger partial charge is 0.464 e. The average molecular weight is 356 g/mol. The lowest BCUT2D eigenvalue weighted by Crippen LogP contribution is -2.47. The van der Waals surface area contributed by atoms with Crippen LogP contribution in [-0.2, 0) is 28.9 Å². The molecule has 0 radical (unpaired) electrons. The summed E-state index contributed by atoms with van der Waals surface area (Å²) in [4.78, 5) is 26.5. The van der Waals surface area contributed by atoms with Gasteiger partial charge in [-0.25, -0.2) is 0 Å². The van der Waals surface area contributed by atoms with E-state index in [1.54, 1.807) is 11.2 Å². The summed E-state index contributed by atoms with van der Waals surface area (Å²) in [5.41, 5.74) is 4.17. The molecule has 5 nitrogen and oxygen atoms in total. The summed E-state index contributed by atoms with van der Waals surface area (Å²) in [6.07, 6.45) is 5.32. The molecule has 0 bridgehead atoms. The second kappa shape index (κ2) is 7.14. The Morgan fingerprint density at radius 1 is 1.19 bits per heavy atom. The van der Waals surface area contributed by atoms with E-state index in [9.17, 15) is 9.59 Å². The van der Waals surface area contributed by atoms with Gasteiger partial charge in [-0.3, -0.25) is 9.59 Å². The van der Waals surface area contributed by atoms with Crippen LogP contribution in [0.1, 0.15) is 50.8 Å². The average Bonchev–Trinajstić information content (AvgIpc) is 3.15. The van der Waals surface area contributed by atoms with E-state index in [-0.39, 0.29) is 30.3 Å². The maximum Gasteiger partial charge on any atom is 0.240 e. The fourth-order valence-electron chi connectivity index (χ4n) is 3.57. The molecular weight excluding hydrogens is 328 g/mol. The normalized spacial score (nSPS) is 13.7. The molecule has 1 N–H and O–H groups in total. The SMILES string of the molecule is CCN(CC(=O)NC(C)(C)C)C(=O)Cc1coc2cc3c(cc12)CCC3. The van der Waals surface area contributed by atoms with Gasteiger partial charge in [0.05, 0.1) is 19.2 Å². The molecule has 26 heavy (non-hydrogen) atoms. The maximum absolute atomic E-state index is 12.7. The molecule has 5 heteroatoms. The monoisotopic (exact) mass is 356 g/mol. The first-order valence-electron chi connectivity index (χ1n) is 9.37. The lowest BCUT2D eigenvalue weighted by molar-refractivity contribution is -0.135. The number of benzene rings is 1. The Labute approximate surface area is 154 Å². The smallest absolute Gasteiger partial charge is 0.240 e. The van der Waals surface area contributed by atoms with Crippen molar-refractivity contribution in [3.8, 4) is 0 Å². The standard InChI is InChI=1S/C21H28N2O3/c1-5-23(12-19(24)22-21(2,3)4)20(25)11-16-13-26-18-10-15-8-6-7-14(15)9-17(16)18/h9-10,13H,5-8,11-12H2,1-4H3,(H,22,24). The first kappa shape index (κ1) is 18.5. The molecule has 0 saturated carbocycles. The molecule has 0 unspecified atom stereocenters. The molecule has 1 aromatic heterocycles. The molecule has 0 saturated heterocycles. The van der Waals surface area contributed by atoms with Crippen molar-refractivity contribution in [3.05, 3.63) is 35.1 Å². The van der Waals surface area contributed by atoms with Crippen LogP contribution in [0.3, 0.4) is 0 Å². The van der Waals surface area contributed by atoms with Gasteiger partial charge in [-0.2, -0.15) is 0 Å². The van der Waals surface area contributed by atoms with Gasteiger partial charge in [0.1, 0.15) is 5.58 Å². The second-order valence-electron chi connectivity index (χ2n) is 8.11. The van der Waals surface area contributed by atoms with E-state index >= 15 is 0 Å². The van der Waals surface area contributed by atoms with Crippen molar-refractivity contribution in [1.29, 1.82) is 0 Å². The zero-order chi connectivity index (χ0) is 18.9. The molecule has 1 aliphatic carbocycles.